The number of pyridine rings is 1. The molecule has 29 heavy (non-hydrogen) atoms. The lowest BCUT2D eigenvalue weighted by Crippen LogP contribution is -2.19. The van der Waals surface area contributed by atoms with Crippen LogP contribution in [0.15, 0.2) is 53.7 Å². The Bertz CT molecular complexity index is 1160. The van der Waals surface area contributed by atoms with Gasteiger partial charge in [0.25, 0.3) is 0 Å². The third-order valence-corrected chi connectivity index (χ3v) is 4.86. The normalized spacial score (nSPS) is 12.1. The Morgan fingerprint density at radius 2 is 1.66 bits per heavy atom. The average molecular weight is 426 g/mol. The number of hydrogen-bond acceptors (Lipinski definition) is 5. The van der Waals surface area contributed by atoms with Gasteiger partial charge in [-0.15, -0.1) is 0 Å². The van der Waals surface area contributed by atoms with Crippen LogP contribution in [0.3, 0.4) is 0 Å². The first kappa shape index (κ1) is 20.5. The third-order valence-electron chi connectivity index (χ3n) is 3.93. The summed E-state index contributed by atoms with van der Waals surface area (Å²) in [5, 5.41) is 17.9. The topological polar surface area (TPSA) is 128 Å². The molecule has 0 spiro atoms. The van der Waals surface area contributed by atoms with Crippen LogP contribution in [-0.4, -0.2) is 34.3 Å². The number of nitrogens with two attached hydrogens (primary N) is 1. The van der Waals surface area contributed by atoms with Gasteiger partial charge in [0.15, 0.2) is 5.69 Å². The lowest BCUT2D eigenvalue weighted by atomic mass is 9.99. The summed E-state index contributed by atoms with van der Waals surface area (Å²) in [5.74, 6) is -1.50. The largest absolute Gasteiger partial charge is 0.480 e. The van der Waals surface area contributed by atoms with E-state index in [0.29, 0.717) is 4.68 Å². The smallest absolute Gasteiger partial charge is 0.433 e. The van der Waals surface area contributed by atoms with Crippen molar-refractivity contribution in [3.05, 3.63) is 54.5 Å². The zero-order chi connectivity index (χ0) is 21.4. The zero-order valence-corrected chi connectivity index (χ0v) is 15.3. The van der Waals surface area contributed by atoms with Crippen molar-refractivity contribution in [3.63, 3.8) is 0 Å². The Morgan fingerprint density at radius 1 is 1.07 bits per heavy atom. The number of benzene rings is 1. The number of carboxylic acids is 1. The van der Waals surface area contributed by atoms with E-state index < -0.39 is 34.4 Å². The third kappa shape index (κ3) is 4.27. The molecule has 0 atom stereocenters. The SMILES string of the molecule is NS(=O)(=O)c1ccc(-c2nn(CC(=O)O)c(C(F)(F)F)c2-c2ccncc2)cc1. The van der Waals surface area contributed by atoms with E-state index in [0.717, 1.165) is 12.1 Å². The average Bonchev–Trinajstić information content (AvgIpc) is 3.00. The first-order valence-electron chi connectivity index (χ1n) is 7.92. The van der Waals surface area contributed by atoms with Crippen molar-refractivity contribution < 1.29 is 31.5 Å². The van der Waals surface area contributed by atoms with Crippen LogP contribution >= 0.6 is 0 Å². The minimum atomic E-state index is -4.90. The van der Waals surface area contributed by atoms with E-state index in [1.165, 1.54) is 36.7 Å². The summed E-state index contributed by atoms with van der Waals surface area (Å²) in [5.41, 5.74) is -1.47. The van der Waals surface area contributed by atoms with Crippen molar-refractivity contribution in [3.8, 4) is 22.4 Å². The highest BCUT2D eigenvalue weighted by atomic mass is 32.2. The van der Waals surface area contributed by atoms with Gasteiger partial charge in [-0.2, -0.15) is 18.3 Å². The van der Waals surface area contributed by atoms with Gasteiger partial charge in [-0.3, -0.25) is 9.78 Å². The number of nitrogens with zero attached hydrogens (tertiary/aromatic N) is 3. The first-order chi connectivity index (χ1) is 13.5. The minimum Gasteiger partial charge on any atom is -0.480 e. The summed E-state index contributed by atoms with van der Waals surface area (Å²) in [7, 11) is -4.00. The second-order valence-electron chi connectivity index (χ2n) is 5.93. The number of alkyl halides is 3. The standard InChI is InChI=1S/C17H13F3N4O4S/c18-17(19,20)16-14(10-5-7-22-8-6-10)15(23-24(16)9-13(25)26)11-1-3-12(4-2-11)29(21,27)28/h1-8H,9H2,(H,25,26)(H2,21,27,28). The molecule has 0 radical (unpaired) electrons. The molecular weight excluding hydrogens is 413 g/mol. The maximum Gasteiger partial charge on any atom is 0.433 e. The van der Waals surface area contributed by atoms with E-state index in [4.69, 9.17) is 10.2 Å². The molecule has 0 aliphatic heterocycles. The molecule has 8 nitrogen and oxygen atoms in total. The van der Waals surface area contributed by atoms with E-state index in [1.807, 2.05) is 0 Å². The van der Waals surface area contributed by atoms with Gasteiger partial charge in [-0.1, -0.05) is 12.1 Å². The van der Waals surface area contributed by atoms with E-state index in [1.54, 1.807) is 0 Å². The second-order valence-corrected chi connectivity index (χ2v) is 7.49. The molecule has 0 bridgehead atoms. The van der Waals surface area contributed by atoms with Crippen molar-refractivity contribution in [2.24, 2.45) is 5.14 Å². The molecule has 3 aromatic rings. The van der Waals surface area contributed by atoms with Crippen LogP contribution in [-0.2, 0) is 27.5 Å². The summed E-state index contributed by atoms with van der Waals surface area (Å²) >= 11 is 0. The van der Waals surface area contributed by atoms with Gasteiger partial charge in [0, 0.05) is 23.5 Å². The van der Waals surface area contributed by atoms with Crippen LogP contribution in [0.5, 0.6) is 0 Å². The number of carboxylic acid groups (broad SMARTS) is 1. The molecule has 3 N–H and O–H groups in total. The monoisotopic (exact) mass is 426 g/mol. The van der Waals surface area contributed by atoms with Crippen LogP contribution in [0.1, 0.15) is 5.69 Å². The van der Waals surface area contributed by atoms with Crippen molar-refractivity contribution in [1.82, 2.24) is 14.8 Å². The van der Waals surface area contributed by atoms with E-state index in [2.05, 4.69) is 10.1 Å². The fourth-order valence-electron chi connectivity index (χ4n) is 2.79. The van der Waals surface area contributed by atoms with Crippen LogP contribution in [0, 0.1) is 0 Å². The zero-order valence-electron chi connectivity index (χ0n) is 14.5. The van der Waals surface area contributed by atoms with E-state index in [9.17, 15) is 26.4 Å². The quantitative estimate of drug-likeness (QED) is 0.645. The number of primary sulfonamides is 1. The van der Waals surface area contributed by atoms with Crippen molar-refractivity contribution >= 4 is 16.0 Å². The van der Waals surface area contributed by atoms with Crippen LogP contribution in [0.2, 0.25) is 0 Å². The lowest BCUT2D eigenvalue weighted by molar-refractivity contribution is -0.146. The molecule has 12 heteroatoms. The van der Waals surface area contributed by atoms with Crippen LogP contribution in [0.4, 0.5) is 13.2 Å². The number of aromatic nitrogens is 3. The molecule has 0 aliphatic carbocycles. The predicted octanol–water partition coefficient (Wildman–Crippen LogP) is 2.36. The highest BCUT2D eigenvalue weighted by molar-refractivity contribution is 7.89. The van der Waals surface area contributed by atoms with E-state index in [-0.39, 0.29) is 27.3 Å². The molecular formula is C17H13F3N4O4S. The fourth-order valence-corrected chi connectivity index (χ4v) is 3.30. The predicted molar refractivity (Wildman–Crippen MR) is 94.9 cm³/mol. The Balaban J connectivity index is 2.31. The number of sulfonamides is 1. The maximum atomic E-state index is 13.8. The summed E-state index contributed by atoms with van der Waals surface area (Å²) in [6.45, 7) is -1.01. The number of rotatable bonds is 5. The second kappa shape index (κ2) is 7.29. The fraction of sp³-hybridized carbons (Fsp3) is 0.118. The molecule has 2 heterocycles. The van der Waals surface area contributed by atoms with Gasteiger partial charge in [-0.05, 0) is 29.8 Å². The lowest BCUT2D eigenvalue weighted by Gasteiger charge is -2.12. The molecule has 152 valence electrons. The molecule has 0 fully saturated rings. The van der Waals surface area contributed by atoms with Crippen molar-refractivity contribution in [2.75, 3.05) is 0 Å². The maximum absolute atomic E-state index is 13.8. The molecule has 2 aromatic heterocycles. The number of hydrogen-bond donors (Lipinski definition) is 2. The molecule has 0 saturated heterocycles. The summed E-state index contributed by atoms with van der Waals surface area (Å²) in [4.78, 5) is 14.6. The number of carbonyl (C=O) groups is 1. The molecule has 0 unspecified atom stereocenters. The van der Waals surface area contributed by atoms with Crippen molar-refractivity contribution in [2.45, 2.75) is 17.6 Å². The Hall–Kier alpha value is -3.25. The molecule has 0 amide bonds. The van der Waals surface area contributed by atoms with Gasteiger partial charge in [-0.25, -0.2) is 18.2 Å². The Morgan fingerprint density at radius 3 is 2.14 bits per heavy atom. The summed E-state index contributed by atoms with van der Waals surface area (Å²) < 4.78 is 64.7. The minimum absolute atomic E-state index is 0.120. The van der Waals surface area contributed by atoms with Crippen LogP contribution in [0.25, 0.3) is 22.4 Å². The molecule has 0 aliphatic rings. The van der Waals surface area contributed by atoms with E-state index >= 15 is 0 Å². The van der Waals surface area contributed by atoms with Gasteiger partial charge in [0.05, 0.1) is 4.90 Å². The summed E-state index contributed by atoms with van der Waals surface area (Å²) in [6.07, 6.45) is -2.32. The molecule has 0 saturated carbocycles. The van der Waals surface area contributed by atoms with Crippen LogP contribution < -0.4 is 5.14 Å². The van der Waals surface area contributed by atoms with Gasteiger partial charge in [0.2, 0.25) is 10.0 Å². The highest BCUT2D eigenvalue weighted by Crippen LogP contribution is 2.42. The number of halogens is 3. The van der Waals surface area contributed by atoms with Crippen molar-refractivity contribution in [1.29, 1.82) is 0 Å². The summed E-state index contributed by atoms with van der Waals surface area (Å²) in [6, 6.07) is 7.42. The van der Waals surface area contributed by atoms with Gasteiger partial charge in [0.1, 0.15) is 12.2 Å². The highest BCUT2D eigenvalue weighted by Gasteiger charge is 2.41. The van der Waals surface area contributed by atoms with Gasteiger partial charge < -0.3 is 5.11 Å². The molecule has 1 aromatic carbocycles. The number of aliphatic carboxylic acids is 1. The first-order valence-corrected chi connectivity index (χ1v) is 9.46. The molecule has 3 rings (SSSR count). The Kier molecular flexibility index (Phi) is 5.15. The van der Waals surface area contributed by atoms with Gasteiger partial charge >= 0.3 is 12.1 Å². The Labute approximate surface area is 162 Å².